The molecule has 4 saturated heterocycles. The van der Waals surface area contributed by atoms with E-state index in [0.29, 0.717) is 5.56 Å². The Morgan fingerprint density at radius 2 is 1.67 bits per heavy atom. The molecule has 4 bridgehead atoms. The minimum atomic E-state index is -3.09. The van der Waals surface area contributed by atoms with E-state index in [-0.39, 0.29) is 12.8 Å². The number of furan rings is 1. The third-order valence-corrected chi connectivity index (χ3v) is 13.0. The first-order chi connectivity index (χ1) is 21.4. The van der Waals surface area contributed by atoms with Crippen LogP contribution in [0.25, 0.3) is 0 Å². The molecule has 4 aliphatic carbocycles. The zero-order chi connectivity index (χ0) is 32.8. The number of aliphatic hydroxyl groups is 3. The smallest absolute Gasteiger partial charge is 0.307 e. The number of aliphatic hydroxyl groups excluding tert-OH is 2. The van der Waals surface area contributed by atoms with Gasteiger partial charge in [-0.15, -0.1) is 0 Å². The molecule has 15 atom stereocenters. The van der Waals surface area contributed by atoms with Gasteiger partial charge in [-0.05, 0) is 12.5 Å². The van der Waals surface area contributed by atoms with E-state index in [2.05, 4.69) is 0 Å². The third kappa shape index (κ3) is 2.49. The zero-order valence-corrected chi connectivity index (χ0v) is 25.6. The van der Waals surface area contributed by atoms with E-state index >= 15 is 0 Å². The lowest BCUT2D eigenvalue weighted by Gasteiger charge is -2.76. The van der Waals surface area contributed by atoms with Crippen molar-refractivity contribution in [3.05, 3.63) is 24.2 Å². The summed E-state index contributed by atoms with van der Waals surface area (Å²) in [5.74, 6) is -12.0. The topological polar surface area (TPSA) is 207 Å². The summed E-state index contributed by atoms with van der Waals surface area (Å²) < 4.78 is 49.6. The van der Waals surface area contributed by atoms with Crippen molar-refractivity contribution in [3.8, 4) is 0 Å². The highest BCUT2D eigenvalue weighted by atomic mass is 16.9. The van der Waals surface area contributed by atoms with Crippen LogP contribution < -0.4 is 0 Å². The summed E-state index contributed by atoms with van der Waals surface area (Å²) in [6, 6.07) is 1.52. The lowest BCUT2D eigenvalue weighted by molar-refractivity contribution is -0.516. The van der Waals surface area contributed by atoms with Gasteiger partial charge < -0.3 is 52.9 Å². The molecule has 5 heterocycles. The monoisotopic (exact) mass is 646 g/mol. The van der Waals surface area contributed by atoms with Crippen molar-refractivity contribution in [2.24, 2.45) is 28.6 Å². The SMILES string of the molecule is CC(=O)O[C@@H]1[C@@]2(C)[C@@H](c3ccoc3)OC(=O)C[C@H]2[C@]23O[C@@]4(C)O[C@@]2([C@@]25OC(=O)C[C@H]2[C@@]2(C)C[C@]5(O4)[C@H]([C@H]3O)[C@@H]2O)[C@]1(O)OC(C)=O. The third-order valence-electron chi connectivity index (χ3n) is 13.0. The molecule has 4 saturated carbocycles. The molecule has 0 amide bonds. The first-order valence-electron chi connectivity index (χ1n) is 15.4. The summed E-state index contributed by atoms with van der Waals surface area (Å²) in [4.78, 5) is 53.3. The fourth-order valence-corrected chi connectivity index (χ4v) is 12.2. The summed E-state index contributed by atoms with van der Waals surface area (Å²) >= 11 is 0. The van der Waals surface area contributed by atoms with Crippen LogP contribution in [-0.2, 0) is 52.3 Å². The van der Waals surface area contributed by atoms with Crippen LogP contribution in [0.3, 0.4) is 0 Å². The maximum Gasteiger partial charge on any atom is 0.307 e. The Balaban J connectivity index is 1.45. The predicted octanol–water partition coefficient (Wildman–Crippen LogP) is 0.131. The van der Waals surface area contributed by atoms with Crippen LogP contribution in [0, 0.1) is 28.6 Å². The van der Waals surface area contributed by atoms with Crippen LogP contribution in [0.5, 0.6) is 0 Å². The van der Waals surface area contributed by atoms with Gasteiger partial charge in [0.25, 0.3) is 11.8 Å². The van der Waals surface area contributed by atoms with Crippen LogP contribution >= 0.6 is 0 Å². The molecule has 1 aromatic rings. The molecule has 15 nitrogen and oxygen atoms in total. The number of fused-ring (bicyclic) bond motifs is 4. The first-order valence-corrected chi connectivity index (χ1v) is 15.4. The number of carbonyl (C=O) groups is 4. The quantitative estimate of drug-likeness (QED) is 0.227. The number of rotatable bonds is 3. The Hall–Kier alpha value is -3.08. The number of ether oxygens (including phenoxy) is 7. The molecule has 8 aliphatic rings. The second kappa shape index (κ2) is 7.79. The molecule has 0 unspecified atom stereocenters. The minimum Gasteiger partial charge on any atom is -0.472 e. The van der Waals surface area contributed by atoms with Crippen LogP contribution in [0.2, 0.25) is 0 Å². The van der Waals surface area contributed by atoms with E-state index in [1.807, 2.05) is 0 Å². The fraction of sp³-hybridized carbons (Fsp3) is 0.742. The molecule has 9 rings (SSSR count). The van der Waals surface area contributed by atoms with Crippen LogP contribution in [0.4, 0.5) is 0 Å². The second-order valence-corrected chi connectivity index (χ2v) is 14.9. The van der Waals surface area contributed by atoms with E-state index in [1.165, 1.54) is 25.5 Å². The Morgan fingerprint density at radius 1 is 0.957 bits per heavy atom. The van der Waals surface area contributed by atoms with Gasteiger partial charge in [0, 0.05) is 49.5 Å². The minimum absolute atomic E-state index is 0.0526. The average Bonchev–Trinajstić information content (AvgIpc) is 3.71. The van der Waals surface area contributed by atoms with Crippen molar-refractivity contribution in [1.29, 1.82) is 0 Å². The Morgan fingerprint density at radius 3 is 2.33 bits per heavy atom. The van der Waals surface area contributed by atoms with Crippen molar-refractivity contribution in [2.45, 2.75) is 112 Å². The summed E-state index contributed by atoms with van der Waals surface area (Å²) in [5, 5.41) is 38.3. The summed E-state index contributed by atoms with van der Waals surface area (Å²) in [6.07, 6.45) is -4.26. The number of carbonyl (C=O) groups excluding carboxylic acids is 4. The van der Waals surface area contributed by atoms with Crippen LogP contribution in [0.15, 0.2) is 23.0 Å². The fourth-order valence-electron chi connectivity index (χ4n) is 12.2. The molecule has 248 valence electrons. The molecule has 0 radical (unpaired) electrons. The lowest BCUT2D eigenvalue weighted by Crippen LogP contribution is -2.99. The standard InChI is InChI=1S/C31H34O15/c1-12(32)40-23-25(4)16(9-17(34)41-22(25)14-6-7-39-10-14)28-21(37)19-20(36)24(3)11-27(19)29(15(24)8-18(35)43-29)31(28,30(23,38)42-13(2)33)46-26(5,44-27)45-28/h6-7,10,15-16,19-23,36-38H,8-9,11H2,1-5H3/t15-,16+,19-,20-,21+,22+,23+,24+,25+,26-,27-,28+,29+,30+,31-/m0/s1. The molecule has 3 N–H and O–H groups in total. The van der Waals surface area contributed by atoms with Gasteiger partial charge in [-0.2, -0.15) is 0 Å². The number of esters is 4. The Kier molecular flexibility index (Phi) is 4.93. The van der Waals surface area contributed by atoms with Gasteiger partial charge in [-0.1, -0.05) is 13.8 Å². The van der Waals surface area contributed by atoms with Gasteiger partial charge in [0.15, 0.2) is 11.7 Å². The number of cyclic esters (lactones) is 1. The van der Waals surface area contributed by atoms with Gasteiger partial charge in [-0.3, -0.25) is 19.2 Å². The number of hydrogen-bond acceptors (Lipinski definition) is 15. The highest BCUT2D eigenvalue weighted by molar-refractivity contribution is 5.78. The summed E-state index contributed by atoms with van der Waals surface area (Å²) in [5.41, 5.74) is -11.3. The number of hydrogen-bond donors (Lipinski definition) is 3. The van der Waals surface area contributed by atoms with Crippen molar-refractivity contribution in [2.75, 3.05) is 0 Å². The molecule has 8 fully saturated rings. The highest BCUT2D eigenvalue weighted by Crippen LogP contribution is 2.88. The predicted molar refractivity (Wildman–Crippen MR) is 141 cm³/mol. The lowest BCUT2D eigenvalue weighted by atomic mass is 9.35. The van der Waals surface area contributed by atoms with E-state index in [0.717, 1.165) is 13.8 Å². The molecule has 4 aliphatic heterocycles. The maximum atomic E-state index is 13.6. The molecular weight excluding hydrogens is 612 g/mol. The second-order valence-electron chi connectivity index (χ2n) is 14.9. The highest BCUT2D eigenvalue weighted by Gasteiger charge is 3.08. The maximum absolute atomic E-state index is 13.6. The van der Waals surface area contributed by atoms with E-state index in [1.54, 1.807) is 13.8 Å². The van der Waals surface area contributed by atoms with Gasteiger partial charge in [0.2, 0.25) is 5.60 Å². The van der Waals surface area contributed by atoms with Gasteiger partial charge in [-0.25, -0.2) is 0 Å². The van der Waals surface area contributed by atoms with Crippen molar-refractivity contribution < 1.29 is 72.1 Å². The van der Waals surface area contributed by atoms with E-state index in [9.17, 15) is 34.5 Å². The average molecular weight is 647 g/mol. The normalized spacial score (nSPS) is 58.1. The first kappa shape index (κ1) is 29.1. The van der Waals surface area contributed by atoms with Gasteiger partial charge >= 0.3 is 23.9 Å². The molecule has 0 aromatic carbocycles. The van der Waals surface area contributed by atoms with Crippen molar-refractivity contribution in [1.82, 2.24) is 0 Å². The summed E-state index contributed by atoms with van der Waals surface area (Å²) in [7, 11) is 0. The van der Waals surface area contributed by atoms with Gasteiger partial charge in [0.1, 0.15) is 17.3 Å². The van der Waals surface area contributed by atoms with E-state index < -0.39 is 117 Å². The Labute approximate surface area is 261 Å². The molecule has 3 spiro atoms. The van der Waals surface area contributed by atoms with E-state index in [4.69, 9.17) is 37.6 Å². The van der Waals surface area contributed by atoms with Crippen LogP contribution in [-0.4, -0.2) is 91.7 Å². The zero-order valence-electron chi connectivity index (χ0n) is 25.6. The van der Waals surface area contributed by atoms with Crippen molar-refractivity contribution >= 4 is 23.9 Å². The molecular formula is C31H34O15. The van der Waals surface area contributed by atoms with Crippen molar-refractivity contribution in [3.63, 3.8) is 0 Å². The Bertz CT molecular complexity index is 1640. The van der Waals surface area contributed by atoms with Gasteiger partial charge in [0.05, 0.1) is 43.0 Å². The largest absolute Gasteiger partial charge is 0.472 e. The molecule has 46 heavy (non-hydrogen) atoms. The molecule has 1 aromatic heterocycles. The summed E-state index contributed by atoms with van der Waals surface area (Å²) in [6.45, 7) is 6.83. The van der Waals surface area contributed by atoms with Crippen LogP contribution in [0.1, 0.15) is 65.5 Å². The molecule has 15 heteroatoms.